The fraction of sp³-hybridized carbons (Fsp3) is 0.257. The molecule has 0 bridgehead atoms. The predicted octanol–water partition coefficient (Wildman–Crippen LogP) is 6.05. The van der Waals surface area contributed by atoms with E-state index in [-0.39, 0.29) is 12.4 Å². The van der Waals surface area contributed by atoms with Gasteiger partial charge in [0.15, 0.2) is 11.6 Å². The Morgan fingerprint density at radius 2 is 1.45 bits per heavy atom. The Kier molecular flexibility index (Phi) is 7.10. The first-order valence-corrected chi connectivity index (χ1v) is 14.8. The highest BCUT2D eigenvalue weighted by molar-refractivity contribution is 5.68. The zero-order chi connectivity index (χ0) is 28.5. The predicted molar refractivity (Wildman–Crippen MR) is 168 cm³/mol. The number of aliphatic hydroxyl groups excluding tert-OH is 1. The molecule has 1 aromatic heterocycles. The molecule has 212 valence electrons. The summed E-state index contributed by atoms with van der Waals surface area (Å²) in [6.07, 6.45) is 3.16. The first kappa shape index (κ1) is 26.3. The molecule has 42 heavy (non-hydrogen) atoms. The van der Waals surface area contributed by atoms with Gasteiger partial charge in [0, 0.05) is 49.7 Å². The smallest absolute Gasteiger partial charge is 0.185 e. The lowest BCUT2D eigenvalue weighted by Crippen LogP contribution is -2.46. The molecule has 2 fully saturated rings. The number of rotatable bonds is 8. The summed E-state index contributed by atoms with van der Waals surface area (Å²) in [5.74, 6) is 2.07. The van der Waals surface area contributed by atoms with Gasteiger partial charge in [0.2, 0.25) is 0 Å². The van der Waals surface area contributed by atoms with Crippen LogP contribution in [0.1, 0.15) is 29.9 Å². The van der Waals surface area contributed by atoms with Gasteiger partial charge in [-0.05, 0) is 84.8 Å². The molecule has 2 aliphatic rings. The minimum absolute atomic E-state index is 0.163. The van der Waals surface area contributed by atoms with Crippen molar-refractivity contribution in [2.75, 3.05) is 42.6 Å². The van der Waals surface area contributed by atoms with Crippen LogP contribution in [-0.4, -0.2) is 57.8 Å². The van der Waals surface area contributed by atoms with E-state index in [1.807, 2.05) is 28.9 Å². The largest absolute Gasteiger partial charge is 0.507 e. The molecule has 1 saturated carbocycles. The Balaban J connectivity index is 1.15. The molecule has 1 saturated heterocycles. The van der Waals surface area contributed by atoms with Gasteiger partial charge in [-0.25, -0.2) is 9.67 Å². The summed E-state index contributed by atoms with van der Waals surface area (Å²) >= 11 is 0. The van der Waals surface area contributed by atoms with Gasteiger partial charge in [-0.15, -0.1) is 5.10 Å². The number of hydrogen-bond acceptors (Lipinski definition) is 6. The van der Waals surface area contributed by atoms with Gasteiger partial charge in [-0.3, -0.25) is 0 Å². The number of para-hydroxylation sites is 2. The Hall–Kier alpha value is -4.62. The van der Waals surface area contributed by atoms with Crippen molar-refractivity contribution in [2.24, 2.45) is 0 Å². The molecule has 4 aromatic carbocycles. The maximum atomic E-state index is 10.5. The lowest BCUT2D eigenvalue weighted by Gasteiger charge is -2.38. The summed E-state index contributed by atoms with van der Waals surface area (Å²) in [4.78, 5) is 9.78. The number of nitrogens with zero attached hydrogens (tertiary/aromatic N) is 5. The molecule has 2 heterocycles. The van der Waals surface area contributed by atoms with E-state index >= 15 is 0 Å². The zero-order valence-electron chi connectivity index (χ0n) is 23.6. The molecule has 0 radical (unpaired) electrons. The molecule has 0 spiro atoms. The molecule has 7 heteroatoms. The van der Waals surface area contributed by atoms with Gasteiger partial charge in [-0.2, -0.15) is 0 Å². The summed E-state index contributed by atoms with van der Waals surface area (Å²) in [5, 5.41) is 24.9. The monoisotopic (exact) mass is 557 g/mol. The van der Waals surface area contributed by atoms with Crippen molar-refractivity contribution in [2.45, 2.75) is 25.2 Å². The van der Waals surface area contributed by atoms with Crippen molar-refractivity contribution in [1.29, 1.82) is 0 Å². The van der Waals surface area contributed by atoms with Crippen LogP contribution in [0.15, 0.2) is 97.1 Å². The second kappa shape index (κ2) is 11.3. The minimum atomic E-state index is 0.163. The number of piperazine rings is 1. The highest BCUT2D eigenvalue weighted by atomic mass is 16.3. The van der Waals surface area contributed by atoms with Crippen LogP contribution >= 0.6 is 0 Å². The Morgan fingerprint density at radius 1 is 0.738 bits per heavy atom. The Labute approximate surface area is 246 Å². The maximum absolute atomic E-state index is 10.5. The second-order valence-corrected chi connectivity index (χ2v) is 11.2. The van der Waals surface area contributed by atoms with Gasteiger partial charge in [0.25, 0.3) is 0 Å². The minimum Gasteiger partial charge on any atom is -0.507 e. The number of anilines is 2. The van der Waals surface area contributed by atoms with E-state index in [2.05, 4.69) is 76.5 Å². The molecule has 0 atom stereocenters. The van der Waals surface area contributed by atoms with Crippen molar-refractivity contribution < 1.29 is 10.2 Å². The average molecular weight is 558 g/mol. The summed E-state index contributed by atoms with van der Waals surface area (Å²) in [6, 6.07) is 32.8. The molecule has 7 nitrogen and oxygen atoms in total. The van der Waals surface area contributed by atoms with E-state index in [0.717, 1.165) is 43.3 Å². The molecule has 1 aliphatic carbocycles. The first-order chi connectivity index (χ1) is 20.7. The van der Waals surface area contributed by atoms with Crippen LogP contribution in [0.5, 0.6) is 5.75 Å². The summed E-state index contributed by atoms with van der Waals surface area (Å²) in [6.45, 7) is 3.87. The van der Waals surface area contributed by atoms with Crippen LogP contribution in [0.4, 0.5) is 11.4 Å². The van der Waals surface area contributed by atoms with Crippen molar-refractivity contribution in [1.82, 2.24) is 14.8 Å². The van der Waals surface area contributed by atoms with Crippen LogP contribution in [0, 0.1) is 0 Å². The van der Waals surface area contributed by atoms with E-state index in [1.165, 1.54) is 35.3 Å². The number of aromatic nitrogens is 3. The van der Waals surface area contributed by atoms with E-state index in [4.69, 9.17) is 10.1 Å². The van der Waals surface area contributed by atoms with Gasteiger partial charge < -0.3 is 20.0 Å². The fourth-order valence-electron chi connectivity index (χ4n) is 5.97. The number of phenols is 1. The molecule has 7 rings (SSSR count). The van der Waals surface area contributed by atoms with E-state index in [9.17, 15) is 10.2 Å². The topological polar surface area (TPSA) is 77.7 Å². The van der Waals surface area contributed by atoms with Gasteiger partial charge in [0.1, 0.15) is 5.75 Å². The lowest BCUT2D eigenvalue weighted by molar-refractivity contribution is 0.299. The van der Waals surface area contributed by atoms with E-state index in [1.54, 1.807) is 6.07 Å². The number of phenolic OH excluding ortho intramolecular Hbond substituents is 1. The third-order valence-electron chi connectivity index (χ3n) is 8.40. The zero-order valence-corrected chi connectivity index (χ0v) is 23.6. The van der Waals surface area contributed by atoms with Crippen LogP contribution < -0.4 is 9.80 Å². The van der Waals surface area contributed by atoms with E-state index in [0.29, 0.717) is 23.7 Å². The number of benzene rings is 4. The molecule has 5 aromatic rings. The molecular formula is C35H35N5O2. The molecule has 0 unspecified atom stereocenters. The Bertz CT molecular complexity index is 1680. The van der Waals surface area contributed by atoms with Gasteiger partial charge >= 0.3 is 0 Å². The molecular weight excluding hydrogens is 522 g/mol. The van der Waals surface area contributed by atoms with Crippen LogP contribution in [0.25, 0.3) is 28.5 Å². The average Bonchev–Trinajstić information content (AvgIpc) is 3.80. The normalized spacial score (nSPS) is 15.3. The third-order valence-corrected chi connectivity index (χ3v) is 8.40. The fourth-order valence-corrected chi connectivity index (χ4v) is 5.97. The molecule has 2 N–H and O–H groups in total. The van der Waals surface area contributed by atoms with Crippen molar-refractivity contribution in [3.63, 3.8) is 0 Å². The van der Waals surface area contributed by atoms with Gasteiger partial charge in [-0.1, -0.05) is 48.5 Å². The highest BCUT2D eigenvalue weighted by Crippen LogP contribution is 2.41. The standard InChI is InChI=1S/C35H35N5O2/c41-23-18-26-6-1-3-10-32(26)39-21-19-38(20-22-39)29-14-16-30(17-15-29)40-35(28-8-5-7-27(24-28)25-12-13-25)36-34(37-40)31-9-2-4-11-33(31)42/h1-11,14-17,24-25,41-42H,12-13,18-23H2. The van der Waals surface area contributed by atoms with Crippen LogP contribution in [-0.2, 0) is 6.42 Å². The second-order valence-electron chi connectivity index (χ2n) is 11.2. The molecule has 0 amide bonds. The lowest BCUT2D eigenvalue weighted by atomic mass is 10.1. The summed E-state index contributed by atoms with van der Waals surface area (Å²) in [7, 11) is 0. The van der Waals surface area contributed by atoms with Crippen molar-refractivity contribution in [3.8, 4) is 34.2 Å². The van der Waals surface area contributed by atoms with Crippen LogP contribution in [0.2, 0.25) is 0 Å². The Morgan fingerprint density at radius 3 is 2.21 bits per heavy atom. The molecule has 1 aliphatic heterocycles. The third kappa shape index (κ3) is 5.23. The van der Waals surface area contributed by atoms with Crippen molar-refractivity contribution >= 4 is 11.4 Å². The summed E-state index contributed by atoms with van der Waals surface area (Å²) < 4.78 is 1.90. The van der Waals surface area contributed by atoms with Crippen LogP contribution in [0.3, 0.4) is 0 Å². The van der Waals surface area contributed by atoms with Gasteiger partial charge in [0.05, 0.1) is 11.3 Å². The quantitative estimate of drug-likeness (QED) is 0.242. The highest BCUT2D eigenvalue weighted by Gasteiger charge is 2.25. The first-order valence-electron chi connectivity index (χ1n) is 14.8. The van der Waals surface area contributed by atoms with Crippen molar-refractivity contribution in [3.05, 3.63) is 108 Å². The SMILES string of the molecule is OCCc1ccccc1N1CCN(c2ccc(-n3nc(-c4ccccc4O)nc3-c3cccc(C4CC4)c3)cc2)CC1. The maximum Gasteiger partial charge on any atom is 0.185 e. The van der Waals surface area contributed by atoms with E-state index < -0.39 is 0 Å². The summed E-state index contributed by atoms with van der Waals surface area (Å²) in [5.41, 5.74) is 7.52. The number of aromatic hydroxyl groups is 1. The number of aliphatic hydroxyl groups is 1. The number of hydrogen-bond donors (Lipinski definition) is 2.